The van der Waals surface area contributed by atoms with Gasteiger partial charge >= 0.3 is 0 Å². The summed E-state index contributed by atoms with van der Waals surface area (Å²) in [6.45, 7) is 51.3. The summed E-state index contributed by atoms with van der Waals surface area (Å²) in [6.07, 6.45) is 19.1. The molecule has 4 aromatic rings. The maximum absolute atomic E-state index is 5.34. The van der Waals surface area contributed by atoms with E-state index in [1.807, 2.05) is 61.6 Å². The lowest BCUT2D eigenvalue weighted by Crippen LogP contribution is -2.13. The Hall–Kier alpha value is -3.03. The summed E-state index contributed by atoms with van der Waals surface area (Å²) < 4.78 is 4.26. The molecule has 0 amide bonds. The Morgan fingerprint density at radius 1 is 0.559 bits per heavy atom. The standard InChI is InChI=1S/C12H16N2.C10H15N.C8H14N2.C7H17N.C6H15N.C5H12.C4H10/c1-12(2,3)8-10-9-13-11-6-4-5-7-14(10)11;1-10(2,3)7-9-5-4-6-11-8-9;1-8(2,3)6-10-5-4-9-7-10;1-7(2,3)5-4-6-8;1-6(2,3)4-5-7;1-5(2,3)4;1-4(2)3/h4-7,9H,8H2,1-3H3;4-6,8H,7H2,1-3H3;4-5,7H,6H2,1-3H3;4-6,8H2,1-3H3;4-5,7H2,1-3H3;1-4H3;4H,1-3H3. The maximum atomic E-state index is 5.34. The molecule has 0 saturated carbocycles. The van der Waals surface area contributed by atoms with Crippen LogP contribution in [0.4, 0.5) is 0 Å². The van der Waals surface area contributed by atoms with E-state index in [1.54, 1.807) is 0 Å². The normalized spacial score (nSPS) is 11.7. The number of aromatic nitrogens is 5. The molecule has 59 heavy (non-hydrogen) atoms. The summed E-state index contributed by atoms with van der Waals surface area (Å²) in [5.41, 5.74) is 16.7. The van der Waals surface area contributed by atoms with E-state index < -0.39 is 0 Å². The van der Waals surface area contributed by atoms with Gasteiger partial charge in [-0.05, 0) is 107 Å². The second-order valence-electron chi connectivity index (χ2n) is 24.1. The van der Waals surface area contributed by atoms with Crippen LogP contribution in [-0.4, -0.2) is 37.0 Å². The first-order valence-electron chi connectivity index (χ1n) is 22.2. The van der Waals surface area contributed by atoms with Crippen molar-refractivity contribution in [2.24, 2.45) is 49.9 Å². The van der Waals surface area contributed by atoms with E-state index in [2.05, 4.69) is 189 Å². The fourth-order valence-electron chi connectivity index (χ4n) is 4.77. The van der Waals surface area contributed by atoms with Crippen LogP contribution in [0.1, 0.15) is 183 Å². The van der Waals surface area contributed by atoms with Gasteiger partial charge in [-0.1, -0.05) is 164 Å². The van der Waals surface area contributed by atoms with Gasteiger partial charge < -0.3 is 20.4 Å². The van der Waals surface area contributed by atoms with Crippen molar-refractivity contribution in [1.82, 2.24) is 23.9 Å². The molecule has 0 saturated heterocycles. The molecule has 0 aliphatic rings. The van der Waals surface area contributed by atoms with Gasteiger partial charge in [-0.3, -0.25) is 4.98 Å². The van der Waals surface area contributed by atoms with Crippen LogP contribution < -0.4 is 11.5 Å². The van der Waals surface area contributed by atoms with Crippen molar-refractivity contribution >= 4 is 5.65 Å². The fourth-order valence-corrected chi connectivity index (χ4v) is 4.77. The number of hydrogen-bond acceptors (Lipinski definition) is 5. The molecule has 0 unspecified atom stereocenters. The predicted molar refractivity (Wildman–Crippen MR) is 264 cm³/mol. The largest absolute Gasteiger partial charge is 0.337 e. The average molecular weight is 822 g/mol. The smallest absolute Gasteiger partial charge is 0.136 e. The third kappa shape index (κ3) is 49.2. The van der Waals surface area contributed by atoms with Crippen molar-refractivity contribution in [1.29, 1.82) is 0 Å². The Morgan fingerprint density at radius 3 is 1.42 bits per heavy atom. The average Bonchev–Trinajstić information content (AvgIpc) is 3.67. The highest BCUT2D eigenvalue weighted by molar-refractivity contribution is 5.39. The van der Waals surface area contributed by atoms with Crippen molar-refractivity contribution in [3.63, 3.8) is 0 Å². The highest BCUT2D eigenvalue weighted by Gasteiger charge is 2.14. The molecule has 0 radical (unpaired) electrons. The van der Waals surface area contributed by atoms with Crippen LogP contribution in [0.5, 0.6) is 0 Å². The molecule has 0 atom stereocenters. The number of nitrogens with zero attached hydrogens (tertiary/aromatic N) is 5. The Kier molecular flexibility index (Phi) is 29.9. The van der Waals surface area contributed by atoms with E-state index in [-0.39, 0.29) is 0 Å². The van der Waals surface area contributed by atoms with Gasteiger partial charge in [0, 0.05) is 49.4 Å². The summed E-state index contributed by atoms with van der Waals surface area (Å²) in [7, 11) is 0. The zero-order chi connectivity index (χ0) is 46.7. The van der Waals surface area contributed by atoms with Gasteiger partial charge in [-0.2, -0.15) is 0 Å². The number of imidazole rings is 2. The number of nitrogens with two attached hydrogens (primary N) is 2. The van der Waals surface area contributed by atoms with Crippen molar-refractivity contribution in [2.75, 3.05) is 13.1 Å². The minimum absolute atomic E-state index is 0.311. The lowest BCUT2D eigenvalue weighted by Gasteiger charge is -2.17. The summed E-state index contributed by atoms with van der Waals surface area (Å²) in [5, 5.41) is 0. The van der Waals surface area contributed by atoms with Gasteiger partial charge in [0.15, 0.2) is 0 Å². The van der Waals surface area contributed by atoms with Crippen LogP contribution in [0.15, 0.2) is 73.8 Å². The Bertz CT molecular complexity index is 1500. The zero-order valence-electron chi connectivity index (χ0n) is 43.1. The van der Waals surface area contributed by atoms with Crippen molar-refractivity contribution in [2.45, 2.75) is 191 Å². The topological polar surface area (TPSA) is 100 Å². The van der Waals surface area contributed by atoms with Crippen LogP contribution in [0.3, 0.4) is 0 Å². The fraction of sp³-hybridized carbons (Fsp3) is 0.712. The first kappa shape index (κ1) is 60.3. The number of rotatable bonds is 6. The summed E-state index contributed by atoms with van der Waals surface area (Å²) in [5.74, 6) is 0.833. The maximum Gasteiger partial charge on any atom is 0.136 e. The van der Waals surface area contributed by atoms with Crippen molar-refractivity contribution < 1.29 is 0 Å². The van der Waals surface area contributed by atoms with Crippen LogP contribution in [0.2, 0.25) is 0 Å². The number of pyridine rings is 2. The van der Waals surface area contributed by atoms with Gasteiger partial charge in [0.05, 0.1) is 6.33 Å². The Balaban J connectivity index is -0.000000643. The Morgan fingerprint density at radius 2 is 1.08 bits per heavy atom. The van der Waals surface area contributed by atoms with E-state index in [1.165, 1.54) is 17.7 Å². The van der Waals surface area contributed by atoms with Crippen LogP contribution in [0.25, 0.3) is 5.65 Å². The van der Waals surface area contributed by atoms with Gasteiger partial charge in [0.2, 0.25) is 0 Å². The Labute approximate surface area is 367 Å². The summed E-state index contributed by atoms with van der Waals surface area (Å²) >= 11 is 0. The molecule has 4 rings (SSSR count). The second-order valence-corrected chi connectivity index (χ2v) is 24.1. The first-order chi connectivity index (χ1) is 26.6. The van der Waals surface area contributed by atoms with Crippen molar-refractivity contribution in [3.05, 3.63) is 85.1 Å². The summed E-state index contributed by atoms with van der Waals surface area (Å²) in [6, 6.07) is 10.2. The molecule has 0 aliphatic heterocycles. The molecule has 4 N–H and O–H groups in total. The number of hydrogen-bond donors (Lipinski definition) is 2. The zero-order valence-corrected chi connectivity index (χ0v) is 43.1. The molecule has 4 heterocycles. The predicted octanol–water partition coefficient (Wildman–Crippen LogP) is 14.4. The van der Waals surface area contributed by atoms with E-state index in [0.717, 1.165) is 56.9 Å². The van der Waals surface area contributed by atoms with E-state index in [9.17, 15) is 0 Å². The van der Waals surface area contributed by atoms with Gasteiger partial charge in [-0.25, -0.2) is 9.97 Å². The quantitative estimate of drug-likeness (QED) is 0.202. The molecule has 0 spiro atoms. The van der Waals surface area contributed by atoms with Gasteiger partial charge in [-0.15, -0.1) is 0 Å². The highest BCUT2D eigenvalue weighted by atomic mass is 15.0. The van der Waals surface area contributed by atoms with Gasteiger partial charge in [0.1, 0.15) is 5.65 Å². The first-order valence-corrected chi connectivity index (χ1v) is 22.2. The van der Waals surface area contributed by atoms with E-state index >= 15 is 0 Å². The van der Waals surface area contributed by atoms with Crippen LogP contribution in [0, 0.1) is 38.4 Å². The number of fused-ring (bicyclic) bond motifs is 1. The summed E-state index contributed by atoms with van der Waals surface area (Å²) in [4.78, 5) is 12.4. The van der Waals surface area contributed by atoms with E-state index in [4.69, 9.17) is 11.5 Å². The minimum Gasteiger partial charge on any atom is -0.337 e. The molecule has 7 heteroatoms. The SMILES string of the molecule is CC(C)(C)C.CC(C)(C)CCCN.CC(C)(C)CCN.CC(C)(C)Cc1cccnc1.CC(C)(C)Cc1cnc2ccccn12.CC(C)(C)Cn1ccnc1.CC(C)C. The third-order valence-corrected chi connectivity index (χ3v) is 6.90. The molecule has 0 aliphatic carbocycles. The molecule has 0 fully saturated rings. The van der Waals surface area contributed by atoms with Gasteiger partial charge in [0.25, 0.3) is 0 Å². The second kappa shape index (κ2) is 29.3. The van der Waals surface area contributed by atoms with E-state index in [0.29, 0.717) is 32.5 Å². The van der Waals surface area contributed by atoms with Crippen LogP contribution >= 0.6 is 0 Å². The third-order valence-electron chi connectivity index (χ3n) is 6.90. The van der Waals surface area contributed by atoms with Crippen LogP contribution in [-0.2, 0) is 19.4 Å². The minimum atomic E-state index is 0.311. The molecule has 342 valence electrons. The molecule has 7 nitrogen and oxygen atoms in total. The molecular weight excluding hydrogens is 723 g/mol. The molecular formula is C52H99N7. The lowest BCUT2D eigenvalue weighted by molar-refractivity contribution is 0.343. The molecule has 0 aromatic carbocycles. The molecule has 0 bridgehead atoms. The highest BCUT2D eigenvalue weighted by Crippen LogP contribution is 2.22. The molecule has 4 aromatic heterocycles. The lowest BCUT2D eigenvalue weighted by atomic mass is 9.89. The monoisotopic (exact) mass is 822 g/mol. The van der Waals surface area contributed by atoms with Crippen molar-refractivity contribution in [3.8, 4) is 0 Å².